The van der Waals surface area contributed by atoms with Crippen molar-refractivity contribution in [1.29, 1.82) is 0 Å². The van der Waals surface area contributed by atoms with Gasteiger partial charge < -0.3 is 31.3 Å². The number of quaternary nitrogens is 5. The van der Waals surface area contributed by atoms with E-state index in [1.807, 2.05) is 26.6 Å². The lowest BCUT2D eigenvalue weighted by molar-refractivity contribution is -0.656. The summed E-state index contributed by atoms with van der Waals surface area (Å²) in [5, 5.41) is 10.1. The first-order valence-corrected chi connectivity index (χ1v) is 22.2. The van der Waals surface area contributed by atoms with Crippen LogP contribution in [0.4, 0.5) is 0 Å². The second-order valence-corrected chi connectivity index (χ2v) is 18.8. The van der Waals surface area contributed by atoms with Crippen LogP contribution in [0.1, 0.15) is 44.9 Å². The molecule has 5 aliphatic rings. The average molecular weight is 704 g/mol. The van der Waals surface area contributed by atoms with Crippen molar-refractivity contribution in [3.63, 3.8) is 0 Å². The maximum Gasteiger partial charge on any atom is 0.109 e. The van der Waals surface area contributed by atoms with Crippen LogP contribution >= 0.6 is 0 Å². The zero-order chi connectivity index (χ0) is 32.6. The van der Waals surface area contributed by atoms with Crippen molar-refractivity contribution >= 4 is 43.2 Å². The smallest absolute Gasteiger partial charge is 0.109 e. The topological polar surface area (TPSA) is 161 Å². The predicted octanol–water partition coefficient (Wildman–Crippen LogP) is -3.90. The van der Waals surface area contributed by atoms with Crippen LogP contribution in [-0.4, -0.2) is 108 Å². The molecule has 0 spiro atoms. The van der Waals surface area contributed by atoms with Crippen LogP contribution in [0.15, 0.2) is 0 Å². The van der Waals surface area contributed by atoms with Gasteiger partial charge in [0.2, 0.25) is 0 Å². The Labute approximate surface area is 279 Å². The van der Waals surface area contributed by atoms with Crippen LogP contribution in [0.5, 0.6) is 0 Å². The lowest BCUT2D eigenvalue weighted by atomic mass is 10.0. The first-order chi connectivity index (χ1) is 21.3. The van der Waals surface area contributed by atoms with Crippen LogP contribution in [0.3, 0.4) is 0 Å². The highest BCUT2D eigenvalue weighted by Crippen LogP contribution is 2.15. The summed E-state index contributed by atoms with van der Waals surface area (Å²) in [7, 11) is 16.2. The molecule has 5 fully saturated rings. The van der Waals surface area contributed by atoms with Gasteiger partial charge in [-0.3, -0.25) is 16.8 Å². The highest BCUT2D eigenvalue weighted by molar-refractivity contribution is 7.86. The van der Waals surface area contributed by atoms with Gasteiger partial charge in [0, 0.05) is 101 Å². The molecule has 10 nitrogen and oxygen atoms in total. The molecule has 0 aromatic carbocycles. The van der Waals surface area contributed by atoms with E-state index in [4.69, 9.17) is 4.74 Å². The van der Waals surface area contributed by atoms with Gasteiger partial charge in [0.05, 0.1) is 44.6 Å². The SMILES string of the molecule is [CH2-][NH2+]C1COC1.[CH2-][NH2+]CC1CCCCS1=O.[CH2-][NH2+]CC1CCCS(=O)C1.[CH2-][NH2+]CC1CCS(=O)CC1.[CH2-][NH2+]CC1CS(=O)C1. The zero-order valence-corrected chi connectivity index (χ0v) is 30.4. The van der Waals surface area contributed by atoms with E-state index in [-0.39, 0.29) is 0 Å². The van der Waals surface area contributed by atoms with Gasteiger partial charge in [0.25, 0.3) is 0 Å². The minimum Gasteiger partial charge on any atom is -0.479 e. The first-order valence-electron chi connectivity index (χ1n) is 16.3. The van der Waals surface area contributed by atoms with Gasteiger partial charge in [-0.05, 0) is 38.5 Å². The summed E-state index contributed by atoms with van der Waals surface area (Å²) < 4.78 is 48.5. The number of nitrogens with two attached hydrogens (primary N) is 5. The van der Waals surface area contributed by atoms with E-state index in [1.54, 1.807) is 0 Å². The van der Waals surface area contributed by atoms with E-state index in [9.17, 15) is 16.8 Å². The molecule has 0 bridgehead atoms. The summed E-state index contributed by atoms with van der Waals surface area (Å²) in [6.07, 6.45) is 8.21. The quantitative estimate of drug-likeness (QED) is 0.155. The molecule has 0 saturated carbocycles. The predicted molar refractivity (Wildman–Crippen MR) is 184 cm³/mol. The molecule has 44 heavy (non-hydrogen) atoms. The minimum atomic E-state index is -0.549. The molecule has 264 valence electrons. The highest BCUT2D eigenvalue weighted by atomic mass is 32.2. The molecule has 0 aliphatic carbocycles. The largest absolute Gasteiger partial charge is 0.479 e. The Morgan fingerprint density at radius 3 is 1.57 bits per heavy atom. The van der Waals surface area contributed by atoms with E-state index < -0.39 is 43.2 Å². The minimum absolute atomic E-state index is 0.422. The summed E-state index contributed by atoms with van der Waals surface area (Å²) in [4.78, 5) is 0. The summed E-state index contributed by atoms with van der Waals surface area (Å²) in [5.41, 5.74) is 0. The van der Waals surface area contributed by atoms with Crippen molar-refractivity contribution in [3.05, 3.63) is 35.2 Å². The monoisotopic (exact) mass is 703 g/mol. The summed E-state index contributed by atoms with van der Waals surface area (Å²) >= 11 is 0. The van der Waals surface area contributed by atoms with E-state index >= 15 is 0 Å². The average Bonchev–Trinajstić information content (AvgIpc) is 2.96. The summed E-state index contributed by atoms with van der Waals surface area (Å²) in [5.74, 6) is 8.52. The molecule has 14 heteroatoms. The number of hydrogen-bond acceptors (Lipinski definition) is 5. The van der Waals surface area contributed by atoms with Crippen molar-refractivity contribution in [2.45, 2.75) is 56.2 Å². The molecule has 0 amide bonds. The van der Waals surface area contributed by atoms with Crippen LogP contribution in [0, 0.1) is 53.0 Å². The van der Waals surface area contributed by atoms with Crippen LogP contribution in [-0.2, 0) is 47.9 Å². The van der Waals surface area contributed by atoms with Gasteiger partial charge in [0.15, 0.2) is 0 Å². The molecule has 4 unspecified atom stereocenters. The maximum atomic E-state index is 11.2. The second kappa shape index (κ2) is 27.3. The number of hydrogen-bond donors (Lipinski definition) is 5. The van der Waals surface area contributed by atoms with Gasteiger partial charge >= 0.3 is 0 Å². The van der Waals surface area contributed by atoms with Gasteiger partial charge in [0.1, 0.15) is 6.04 Å². The van der Waals surface area contributed by atoms with Gasteiger partial charge in [-0.1, -0.05) is 6.42 Å². The maximum absolute atomic E-state index is 11.2. The third kappa shape index (κ3) is 20.6. The Morgan fingerprint density at radius 1 is 0.545 bits per heavy atom. The highest BCUT2D eigenvalue weighted by Gasteiger charge is 2.25. The lowest BCUT2D eigenvalue weighted by Gasteiger charge is -2.24. The molecule has 5 saturated heterocycles. The molecule has 10 N–H and O–H groups in total. The Kier molecular flexibility index (Phi) is 26.3. The zero-order valence-electron chi connectivity index (χ0n) is 27.1. The molecule has 5 rings (SSSR count). The molecule has 5 aliphatic heterocycles. The van der Waals surface area contributed by atoms with E-state index in [1.165, 1.54) is 12.8 Å². The Morgan fingerprint density at radius 2 is 1.11 bits per heavy atom. The fourth-order valence-corrected chi connectivity index (χ4v) is 11.0. The molecule has 0 radical (unpaired) electrons. The molecular formula is C30H65N5O5S4. The fourth-order valence-electron chi connectivity index (χ4n) is 5.26. The Balaban J connectivity index is 0.000000278. The molecule has 0 aromatic rings. The van der Waals surface area contributed by atoms with Crippen molar-refractivity contribution in [1.82, 2.24) is 0 Å². The normalized spacial score (nSPS) is 33.1. The van der Waals surface area contributed by atoms with Crippen LogP contribution in [0.2, 0.25) is 0 Å². The first kappa shape index (κ1) is 42.4. The number of rotatable bonds is 9. The number of ether oxygens (including phenoxy) is 1. The van der Waals surface area contributed by atoms with Gasteiger partial charge in [-0.25, -0.2) is 0 Å². The molecule has 5 heterocycles. The van der Waals surface area contributed by atoms with E-state index in [0.717, 1.165) is 118 Å². The molecule has 0 aromatic heterocycles. The van der Waals surface area contributed by atoms with Crippen molar-refractivity contribution in [2.75, 3.05) is 79.7 Å². The van der Waals surface area contributed by atoms with Crippen molar-refractivity contribution < 1.29 is 48.2 Å². The standard InChI is InChI=1S/3C7H15NOS.C5H11NOS.C4H9NO/c1-8-6-7-2-4-10(9)5-3-7;1-8-5-7-3-2-4-10(9)6-7;1-8-6-7-4-2-3-5-10(7)9;1-6-2-5-3-8(7)4-5;1-5-4-2-6-3-4/h3*7H,1-6,8H2;5H,1-4,6H2;4H,1-3,5H2. The lowest BCUT2D eigenvalue weighted by Crippen LogP contribution is -2.89. The third-order valence-electron chi connectivity index (χ3n) is 8.18. The summed E-state index contributed by atoms with van der Waals surface area (Å²) in [6, 6.07) is 0.657. The Bertz CT molecular complexity index is 800. The van der Waals surface area contributed by atoms with E-state index in [0.29, 0.717) is 23.1 Å². The second-order valence-electron chi connectivity index (χ2n) is 12.1. The van der Waals surface area contributed by atoms with Crippen LogP contribution in [0.25, 0.3) is 0 Å². The van der Waals surface area contributed by atoms with E-state index in [2.05, 4.69) is 35.2 Å². The van der Waals surface area contributed by atoms with Crippen molar-refractivity contribution in [3.8, 4) is 0 Å². The molecule has 4 atom stereocenters. The Hall–Kier alpha value is 0.360. The third-order valence-corrected chi connectivity index (χ3v) is 14.7. The van der Waals surface area contributed by atoms with Crippen molar-refractivity contribution in [2.24, 2.45) is 17.8 Å². The molecular weight excluding hydrogens is 639 g/mol. The van der Waals surface area contributed by atoms with Gasteiger partial charge in [-0.15, -0.1) is 0 Å². The summed E-state index contributed by atoms with van der Waals surface area (Å²) in [6.45, 7) is 5.92. The fraction of sp³-hybridized carbons (Fsp3) is 0.833. The van der Waals surface area contributed by atoms with Crippen LogP contribution < -0.4 is 26.6 Å². The van der Waals surface area contributed by atoms with Gasteiger partial charge in [-0.2, -0.15) is 35.2 Å².